The summed E-state index contributed by atoms with van der Waals surface area (Å²) in [6.45, 7) is 3.87. The van der Waals surface area contributed by atoms with Crippen LogP contribution < -0.4 is 10.2 Å². The largest absolute Gasteiger partial charge is 0.378 e. The Bertz CT molecular complexity index is 576. The number of hydrogen-bond donors (Lipinski definition) is 1. The molecule has 21 heavy (non-hydrogen) atoms. The summed E-state index contributed by atoms with van der Waals surface area (Å²) >= 11 is 0. The number of benzene rings is 2. The molecule has 0 aliphatic heterocycles. The van der Waals surface area contributed by atoms with Gasteiger partial charge < -0.3 is 10.2 Å². The van der Waals surface area contributed by atoms with Crippen LogP contribution in [0, 0.1) is 5.82 Å². The Morgan fingerprint density at radius 3 is 2.38 bits per heavy atom. The SMILES string of the molecule is CCCNCc1ccc(F)cc1-c1ccc(N(C)C)cc1. The van der Waals surface area contributed by atoms with E-state index in [1.807, 2.05) is 32.3 Å². The van der Waals surface area contributed by atoms with Crippen LogP contribution in [-0.2, 0) is 6.54 Å². The maximum absolute atomic E-state index is 13.6. The standard InChI is InChI=1S/C18H23FN2/c1-4-11-20-13-15-5-8-16(19)12-18(15)14-6-9-17(10-7-14)21(2)3/h5-10,12,20H,4,11,13H2,1-3H3. The summed E-state index contributed by atoms with van der Waals surface area (Å²) in [6, 6.07) is 13.2. The van der Waals surface area contributed by atoms with Crippen molar-refractivity contribution in [3.8, 4) is 11.1 Å². The minimum absolute atomic E-state index is 0.194. The highest BCUT2D eigenvalue weighted by molar-refractivity contribution is 5.69. The number of anilines is 1. The van der Waals surface area contributed by atoms with Gasteiger partial charge >= 0.3 is 0 Å². The van der Waals surface area contributed by atoms with Crippen molar-refractivity contribution >= 4 is 5.69 Å². The van der Waals surface area contributed by atoms with Crippen LogP contribution >= 0.6 is 0 Å². The third-order valence-corrected chi connectivity index (χ3v) is 3.51. The maximum Gasteiger partial charge on any atom is 0.123 e. The van der Waals surface area contributed by atoms with Crippen molar-refractivity contribution < 1.29 is 4.39 Å². The lowest BCUT2D eigenvalue weighted by atomic mass is 9.99. The number of nitrogens with one attached hydrogen (secondary N) is 1. The molecule has 0 heterocycles. The molecule has 0 atom stereocenters. The van der Waals surface area contributed by atoms with E-state index in [1.54, 1.807) is 6.07 Å². The topological polar surface area (TPSA) is 15.3 Å². The van der Waals surface area contributed by atoms with Gasteiger partial charge in [0.25, 0.3) is 0 Å². The van der Waals surface area contributed by atoms with Crippen molar-refractivity contribution in [2.45, 2.75) is 19.9 Å². The number of nitrogens with zero attached hydrogens (tertiary/aromatic N) is 1. The number of halogens is 1. The molecular weight excluding hydrogens is 263 g/mol. The number of rotatable bonds is 6. The molecule has 0 aliphatic carbocycles. The van der Waals surface area contributed by atoms with Gasteiger partial charge in [0.1, 0.15) is 5.82 Å². The zero-order valence-corrected chi connectivity index (χ0v) is 13.0. The molecule has 0 saturated heterocycles. The van der Waals surface area contributed by atoms with E-state index in [4.69, 9.17) is 0 Å². The Labute approximate surface area is 126 Å². The summed E-state index contributed by atoms with van der Waals surface area (Å²) in [5.74, 6) is -0.194. The van der Waals surface area contributed by atoms with Crippen molar-refractivity contribution in [3.05, 3.63) is 53.8 Å². The highest BCUT2D eigenvalue weighted by atomic mass is 19.1. The van der Waals surface area contributed by atoms with Crippen LogP contribution in [0.2, 0.25) is 0 Å². The Morgan fingerprint density at radius 2 is 1.76 bits per heavy atom. The van der Waals surface area contributed by atoms with Crippen LogP contribution in [0.15, 0.2) is 42.5 Å². The second kappa shape index (κ2) is 7.23. The molecule has 0 unspecified atom stereocenters. The van der Waals surface area contributed by atoms with Crippen LogP contribution in [0.3, 0.4) is 0 Å². The normalized spacial score (nSPS) is 10.7. The predicted octanol–water partition coefficient (Wildman–Crippen LogP) is 4.06. The fourth-order valence-corrected chi connectivity index (χ4v) is 2.31. The first-order valence-corrected chi connectivity index (χ1v) is 7.38. The molecule has 2 rings (SSSR count). The van der Waals surface area contributed by atoms with E-state index in [0.717, 1.165) is 41.9 Å². The lowest BCUT2D eigenvalue weighted by Crippen LogP contribution is -2.14. The van der Waals surface area contributed by atoms with Gasteiger partial charge in [0.05, 0.1) is 0 Å². The molecule has 0 spiro atoms. The van der Waals surface area contributed by atoms with E-state index >= 15 is 0 Å². The Morgan fingerprint density at radius 1 is 1.05 bits per heavy atom. The minimum Gasteiger partial charge on any atom is -0.378 e. The summed E-state index contributed by atoms with van der Waals surface area (Å²) in [6.07, 6.45) is 1.09. The van der Waals surface area contributed by atoms with Crippen molar-refractivity contribution in [1.82, 2.24) is 5.32 Å². The van der Waals surface area contributed by atoms with Gasteiger partial charge in [-0.2, -0.15) is 0 Å². The van der Waals surface area contributed by atoms with Crippen LogP contribution in [0.25, 0.3) is 11.1 Å². The Kier molecular flexibility index (Phi) is 5.34. The molecule has 0 amide bonds. The summed E-state index contributed by atoms with van der Waals surface area (Å²) in [4.78, 5) is 2.05. The maximum atomic E-state index is 13.6. The second-order valence-electron chi connectivity index (χ2n) is 5.42. The van der Waals surface area contributed by atoms with E-state index in [9.17, 15) is 4.39 Å². The summed E-state index contributed by atoms with van der Waals surface area (Å²) in [5, 5.41) is 3.38. The molecule has 2 nitrogen and oxygen atoms in total. The summed E-state index contributed by atoms with van der Waals surface area (Å²) in [7, 11) is 4.02. The summed E-state index contributed by atoms with van der Waals surface area (Å²) < 4.78 is 13.6. The first-order chi connectivity index (χ1) is 10.1. The highest BCUT2D eigenvalue weighted by Crippen LogP contribution is 2.26. The number of hydrogen-bond acceptors (Lipinski definition) is 2. The van der Waals surface area contributed by atoms with Crippen LogP contribution in [-0.4, -0.2) is 20.6 Å². The molecule has 1 N–H and O–H groups in total. The lowest BCUT2D eigenvalue weighted by molar-refractivity contribution is 0.625. The Hall–Kier alpha value is -1.87. The monoisotopic (exact) mass is 286 g/mol. The molecule has 2 aromatic rings. The molecule has 0 aliphatic rings. The summed E-state index contributed by atoms with van der Waals surface area (Å²) in [5.41, 5.74) is 4.28. The highest BCUT2D eigenvalue weighted by Gasteiger charge is 2.07. The zero-order chi connectivity index (χ0) is 15.2. The first kappa shape index (κ1) is 15.5. The van der Waals surface area contributed by atoms with Crippen molar-refractivity contribution in [2.24, 2.45) is 0 Å². The molecule has 112 valence electrons. The first-order valence-electron chi connectivity index (χ1n) is 7.38. The van der Waals surface area contributed by atoms with Gasteiger partial charge in [-0.05, 0) is 53.9 Å². The third kappa shape index (κ3) is 4.05. The zero-order valence-electron chi connectivity index (χ0n) is 13.0. The smallest absolute Gasteiger partial charge is 0.123 e. The molecule has 0 bridgehead atoms. The minimum atomic E-state index is -0.194. The van der Waals surface area contributed by atoms with Crippen LogP contribution in [0.1, 0.15) is 18.9 Å². The fourth-order valence-electron chi connectivity index (χ4n) is 2.31. The van der Waals surface area contributed by atoms with E-state index in [-0.39, 0.29) is 5.82 Å². The van der Waals surface area contributed by atoms with Crippen molar-refractivity contribution in [3.63, 3.8) is 0 Å². The van der Waals surface area contributed by atoms with Gasteiger partial charge in [-0.25, -0.2) is 4.39 Å². The van der Waals surface area contributed by atoms with Gasteiger partial charge in [-0.15, -0.1) is 0 Å². The van der Waals surface area contributed by atoms with Crippen molar-refractivity contribution in [2.75, 3.05) is 25.5 Å². The van der Waals surface area contributed by atoms with Gasteiger partial charge in [-0.3, -0.25) is 0 Å². The fraction of sp³-hybridized carbons (Fsp3) is 0.333. The molecule has 2 aromatic carbocycles. The van der Waals surface area contributed by atoms with Crippen LogP contribution in [0.4, 0.5) is 10.1 Å². The van der Waals surface area contributed by atoms with E-state index in [1.165, 1.54) is 6.07 Å². The molecule has 0 aromatic heterocycles. The van der Waals surface area contributed by atoms with Gasteiger partial charge in [0, 0.05) is 26.3 Å². The molecule has 0 radical (unpaired) electrons. The van der Waals surface area contributed by atoms with E-state index in [2.05, 4.69) is 29.3 Å². The molecule has 0 fully saturated rings. The quantitative estimate of drug-likeness (QED) is 0.806. The Balaban J connectivity index is 2.30. The predicted molar refractivity (Wildman–Crippen MR) is 88.2 cm³/mol. The van der Waals surface area contributed by atoms with E-state index < -0.39 is 0 Å². The van der Waals surface area contributed by atoms with Gasteiger partial charge in [0.2, 0.25) is 0 Å². The molecule has 0 saturated carbocycles. The third-order valence-electron chi connectivity index (χ3n) is 3.51. The second-order valence-corrected chi connectivity index (χ2v) is 5.42. The van der Waals surface area contributed by atoms with Crippen LogP contribution in [0.5, 0.6) is 0 Å². The van der Waals surface area contributed by atoms with E-state index in [0.29, 0.717) is 0 Å². The average Bonchev–Trinajstić information content (AvgIpc) is 2.49. The lowest BCUT2D eigenvalue weighted by Gasteiger charge is -2.14. The molecular formula is C18H23FN2. The van der Waals surface area contributed by atoms with Crippen molar-refractivity contribution in [1.29, 1.82) is 0 Å². The molecule has 3 heteroatoms. The van der Waals surface area contributed by atoms with Gasteiger partial charge in [0.15, 0.2) is 0 Å². The van der Waals surface area contributed by atoms with Gasteiger partial charge in [-0.1, -0.05) is 25.1 Å². The average molecular weight is 286 g/mol.